The molecule has 14 heavy (non-hydrogen) atoms. The maximum absolute atomic E-state index is 5.57. The SMILES string of the molecule is CCNC(COC(C)C)c1cnns1. The van der Waals surface area contributed by atoms with Crippen LogP contribution in [0.15, 0.2) is 6.20 Å². The Morgan fingerprint density at radius 3 is 2.86 bits per heavy atom. The Balaban J connectivity index is 2.47. The van der Waals surface area contributed by atoms with Crippen molar-refractivity contribution in [2.75, 3.05) is 13.2 Å². The Kier molecular flexibility index (Phi) is 5.00. The lowest BCUT2D eigenvalue weighted by Crippen LogP contribution is -2.25. The predicted molar refractivity (Wildman–Crippen MR) is 57.4 cm³/mol. The number of aromatic nitrogens is 2. The van der Waals surface area contributed by atoms with E-state index in [-0.39, 0.29) is 12.1 Å². The highest BCUT2D eigenvalue weighted by atomic mass is 32.1. The maximum atomic E-state index is 5.57. The van der Waals surface area contributed by atoms with Crippen molar-refractivity contribution in [3.05, 3.63) is 11.1 Å². The van der Waals surface area contributed by atoms with Crippen LogP contribution in [0.3, 0.4) is 0 Å². The molecule has 1 heterocycles. The first-order valence-electron chi connectivity index (χ1n) is 4.86. The van der Waals surface area contributed by atoms with Gasteiger partial charge in [-0.05, 0) is 31.9 Å². The van der Waals surface area contributed by atoms with Crippen molar-refractivity contribution in [2.24, 2.45) is 0 Å². The first kappa shape index (κ1) is 11.6. The van der Waals surface area contributed by atoms with Gasteiger partial charge in [0.1, 0.15) is 0 Å². The zero-order chi connectivity index (χ0) is 10.4. The van der Waals surface area contributed by atoms with Gasteiger partial charge in [0.25, 0.3) is 0 Å². The van der Waals surface area contributed by atoms with Crippen molar-refractivity contribution in [1.82, 2.24) is 14.9 Å². The summed E-state index contributed by atoms with van der Waals surface area (Å²) in [6.07, 6.45) is 2.05. The number of likely N-dealkylation sites (N-methyl/N-ethyl adjacent to an activating group) is 1. The Labute approximate surface area is 88.8 Å². The van der Waals surface area contributed by atoms with Gasteiger partial charge in [0.05, 0.1) is 29.8 Å². The van der Waals surface area contributed by atoms with Crippen LogP contribution in [-0.2, 0) is 4.74 Å². The average Bonchev–Trinajstić information content (AvgIpc) is 2.64. The summed E-state index contributed by atoms with van der Waals surface area (Å²) in [6.45, 7) is 7.75. The molecule has 0 radical (unpaired) electrons. The molecule has 1 N–H and O–H groups in total. The maximum Gasteiger partial charge on any atom is 0.0685 e. The summed E-state index contributed by atoms with van der Waals surface area (Å²) in [6, 6.07) is 0.224. The standard InChI is InChI=1S/C9H17N3OS/c1-4-10-8(6-13-7(2)3)9-5-11-12-14-9/h5,7-8,10H,4,6H2,1-3H3. The zero-order valence-corrected chi connectivity index (χ0v) is 9.67. The Morgan fingerprint density at radius 1 is 1.57 bits per heavy atom. The van der Waals surface area contributed by atoms with Crippen LogP contribution in [0.25, 0.3) is 0 Å². The molecule has 4 nitrogen and oxygen atoms in total. The lowest BCUT2D eigenvalue weighted by molar-refractivity contribution is 0.0620. The lowest BCUT2D eigenvalue weighted by atomic mass is 10.2. The van der Waals surface area contributed by atoms with Crippen LogP contribution in [0.1, 0.15) is 31.7 Å². The number of rotatable bonds is 6. The predicted octanol–water partition coefficient (Wildman–Crippen LogP) is 1.61. The van der Waals surface area contributed by atoms with E-state index in [9.17, 15) is 0 Å². The normalized spacial score (nSPS) is 13.4. The smallest absolute Gasteiger partial charge is 0.0685 e. The van der Waals surface area contributed by atoms with Crippen molar-refractivity contribution in [3.63, 3.8) is 0 Å². The van der Waals surface area contributed by atoms with Gasteiger partial charge in [0.2, 0.25) is 0 Å². The molecule has 0 aliphatic heterocycles. The summed E-state index contributed by atoms with van der Waals surface area (Å²) in [4.78, 5) is 1.13. The fourth-order valence-corrected chi connectivity index (χ4v) is 1.67. The van der Waals surface area contributed by atoms with E-state index in [1.54, 1.807) is 6.20 Å². The van der Waals surface area contributed by atoms with Gasteiger partial charge in [-0.3, -0.25) is 0 Å². The molecule has 0 aliphatic carbocycles. The molecule has 1 aromatic heterocycles. The third kappa shape index (κ3) is 3.69. The fourth-order valence-electron chi connectivity index (χ4n) is 1.11. The molecule has 1 aromatic rings. The summed E-state index contributed by atoms with van der Waals surface area (Å²) in [5.74, 6) is 0. The van der Waals surface area contributed by atoms with Crippen LogP contribution in [-0.4, -0.2) is 28.8 Å². The van der Waals surface area contributed by atoms with E-state index in [0.29, 0.717) is 6.61 Å². The summed E-state index contributed by atoms with van der Waals surface area (Å²) < 4.78 is 9.42. The minimum atomic E-state index is 0.224. The minimum Gasteiger partial charge on any atom is -0.377 e. The van der Waals surface area contributed by atoms with Crippen molar-refractivity contribution in [1.29, 1.82) is 0 Å². The van der Waals surface area contributed by atoms with Gasteiger partial charge >= 0.3 is 0 Å². The molecule has 0 aliphatic rings. The molecule has 0 spiro atoms. The molecular weight excluding hydrogens is 198 g/mol. The number of ether oxygens (including phenoxy) is 1. The molecule has 0 saturated carbocycles. The van der Waals surface area contributed by atoms with Gasteiger partial charge < -0.3 is 10.1 Å². The van der Waals surface area contributed by atoms with Crippen LogP contribution in [0.5, 0.6) is 0 Å². The van der Waals surface area contributed by atoms with Crippen LogP contribution >= 0.6 is 11.5 Å². The van der Waals surface area contributed by atoms with Crippen molar-refractivity contribution in [2.45, 2.75) is 32.9 Å². The van der Waals surface area contributed by atoms with E-state index in [1.165, 1.54) is 11.5 Å². The summed E-state index contributed by atoms with van der Waals surface area (Å²) in [5, 5.41) is 7.17. The zero-order valence-electron chi connectivity index (χ0n) is 8.86. The van der Waals surface area contributed by atoms with E-state index in [1.807, 2.05) is 13.8 Å². The molecule has 0 aromatic carbocycles. The molecule has 80 valence electrons. The highest BCUT2D eigenvalue weighted by molar-refractivity contribution is 7.05. The van der Waals surface area contributed by atoms with Crippen LogP contribution in [0, 0.1) is 0 Å². The third-order valence-electron chi connectivity index (χ3n) is 1.77. The average molecular weight is 215 g/mol. The molecule has 1 atom stereocenters. The molecule has 0 bridgehead atoms. The lowest BCUT2D eigenvalue weighted by Gasteiger charge is -2.17. The molecular formula is C9H17N3OS. The number of hydrogen-bond acceptors (Lipinski definition) is 5. The molecule has 0 saturated heterocycles. The quantitative estimate of drug-likeness (QED) is 0.783. The third-order valence-corrected chi connectivity index (χ3v) is 2.55. The van der Waals surface area contributed by atoms with E-state index in [2.05, 4.69) is 21.8 Å². The molecule has 0 amide bonds. The molecule has 0 fully saturated rings. The highest BCUT2D eigenvalue weighted by Crippen LogP contribution is 2.15. The van der Waals surface area contributed by atoms with E-state index in [4.69, 9.17) is 4.74 Å². The Hall–Kier alpha value is -0.520. The second-order valence-corrected chi connectivity index (χ2v) is 4.13. The highest BCUT2D eigenvalue weighted by Gasteiger charge is 2.13. The molecule has 1 rings (SSSR count). The van der Waals surface area contributed by atoms with Gasteiger partial charge in [-0.15, -0.1) is 5.10 Å². The van der Waals surface area contributed by atoms with Crippen molar-refractivity contribution < 1.29 is 4.74 Å². The first-order chi connectivity index (χ1) is 6.74. The van der Waals surface area contributed by atoms with Gasteiger partial charge in [-0.2, -0.15) is 0 Å². The second kappa shape index (κ2) is 6.06. The van der Waals surface area contributed by atoms with Gasteiger partial charge in [-0.25, -0.2) is 0 Å². The Morgan fingerprint density at radius 2 is 2.36 bits per heavy atom. The van der Waals surface area contributed by atoms with Gasteiger partial charge in [0.15, 0.2) is 0 Å². The summed E-state index contributed by atoms with van der Waals surface area (Å²) >= 11 is 1.42. The van der Waals surface area contributed by atoms with E-state index >= 15 is 0 Å². The number of hydrogen-bond donors (Lipinski definition) is 1. The Bertz CT molecular complexity index is 238. The fraction of sp³-hybridized carbons (Fsp3) is 0.778. The summed E-state index contributed by atoms with van der Waals surface area (Å²) in [7, 11) is 0. The van der Waals surface area contributed by atoms with E-state index in [0.717, 1.165) is 11.4 Å². The number of nitrogens with one attached hydrogen (secondary N) is 1. The summed E-state index contributed by atoms with van der Waals surface area (Å²) in [5.41, 5.74) is 0. The van der Waals surface area contributed by atoms with Crippen LogP contribution in [0.2, 0.25) is 0 Å². The van der Waals surface area contributed by atoms with Crippen molar-refractivity contribution in [3.8, 4) is 0 Å². The number of nitrogens with zero attached hydrogens (tertiary/aromatic N) is 2. The van der Waals surface area contributed by atoms with Gasteiger partial charge in [0, 0.05) is 0 Å². The topological polar surface area (TPSA) is 47.0 Å². The monoisotopic (exact) mass is 215 g/mol. The molecule has 1 unspecified atom stereocenters. The largest absolute Gasteiger partial charge is 0.377 e. The van der Waals surface area contributed by atoms with Crippen LogP contribution in [0.4, 0.5) is 0 Å². The van der Waals surface area contributed by atoms with Gasteiger partial charge in [-0.1, -0.05) is 11.4 Å². The van der Waals surface area contributed by atoms with Crippen LogP contribution < -0.4 is 5.32 Å². The van der Waals surface area contributed by atoms with Crippen molar-refractivity contribution >= 4 is 11.5 Å². The van der Waals surface area contributed by atoms with E-state index < -0.39 is 0 Å². The molecule has 5 heteroatoms. The first-order valence-corrected chi connectivity index (χ1v) is 5.63. The minimum absolute atomic E-state index is 0.224. The second-order valence-electron chi connectivity index (χ2n) is 3.31.